The lowest BCUT2D eigenvalue weighted by Gasteiger charge is -2.25. The number of carbonyl (C=O) groups is 2. The molecule has 0 atom stereocenters. The number of anilines is 1. The number of hydrogen-bond donors (Lipinski definition) is 2. The van der Waals surface area contributed by atoms with Gasteiger partial charge in [-0.1, -0.05) is 5.16 Å². The number of nitrogen functional groups attached to an aromatic ring is 1. The Morgan fingerprint density at radius 3 is 2.59 bits per heavy atom. The van der Waals surface area contributed by atoms with E-state index in [0.29, 0.717) is 25.7 Å². The van der Waals surface area contributed by atoms with Crippen LogP contribution in [0.2, 0.25) is 0 Å². The van der Waals surface area contributed by atoms with Crippen molar-refractivity contribution in [3.05, 3.63) is 11.1 Å². The Morgan fingerprint density at radius 1 is 1.41 bits per heavy atom. The third-order valence-corrected chi connectivity index (χ3v) is 4.14. The molecule has 22 heavy (non-hydrogen) atoms. The van der Waals surface area contributed by atoms with Crippen LogP contribution >= 0.6 is 11.3 Å². The standard InChI is InChI=1S/C13H17N3O5S/c1-20-12(19)7-2-4-8(5-3-7)21-16-10(11(17)18)9-6-22-13(14)15-9/h6-8H,2-5H2,1H3,(H2,14,15)(H,17,18)/b16-10-. The second kappa shape index (κ2) is 7.21. The van der Waals surface area contributed by atoms with Crippen molar-refractivity contribution in [3.8, 4) is 0 Å². The highest BCUT2D eigenvalue weighted by Gasteiger charge is 2.28. The fraction of sp³-hybridized carbons (Fsp3) is 0.538. The summed E-state index contributed by atoms with van der Waals surface area (Å²) in [7, 11) is 1.37. The summed E-state index contributed by atoms with van der Waals surface area (Å²) in [6, 6.07) is 0. The van der Waals surface area contributed by atoms with Gasteiger partial charge in [0.15, 0.2) is 5.13 Å². The lowest BCUT2D eigenvalue weighted by molar-refractivity contribution is -0.147. The molecule has 0 spiro atoms. The van der Waals surface area contributed by atoms with Gasteiger partial charge in [0.2, 0.25) is 5.71 Å². The lowest BCUT2D eigenvalue weighted by Crippen LogP contribution is -2.26. The highest BCUT2D eigenvalue weighted by Crippen LogP contribution is 2.27. The smallest absolute Gasteiger partial charge is 0.360 e. The summed E-state index contributed by atoms with van der Waals surface area (Å²) in [5, 5.41) is 14.7. The molecule has 8 nitrogen and oxygen atoms in total. The molecule has 1 saturated carbocycles. The van der Waals surface area contributed by atoms with E-state index in [1.54, 1.807) is 0 Å². The zero-order chi connectivity index (χ0) is 16.1. The van der Waals surface area contributed by atoms with Gasteiger partial charge in [-0.15, -0.1) is 11.3 Å². The predicted octanol–water partition coefficient (Wildman–Crippen LogP) is 1.26. The number of carboxylic acid groups (broad SMARTS) is 1. The van der Waals surface area contributed by atoms with Crippen molar-refractivity contribution in [2.45, 2.75) is 31.8 Å². The molecule has 0 radical (unpaired) electrons. The number of thiazole rings is 1. The van der Waals surface area contributed by atoms with Crippen molar-refractivity contribution in [2.75, 3.05) is 12.8 Å². The van der Waals surface area contributed by atoms with Gasteiger partial charge in [0, 0.05) is 5.38 Å². The third-order valence-electron chi connectivity index (χ3n) is 3.47. The number of esters is 1. The number of oxime groups is 1. The van der Waals surface area contributed by atoms with Gasteiger partial charge in [-0.05, 0) is 25.7 Å². The minimum Gasteiger partial charge on any atom is -0.476 e. The summed E-state index contributed by atoms with van der Waals surface area (Å²) in [5.74, 6) is -1.56. The van der Waals surface area contributed by atoms with Gasteiger partial charge < -0.3 is 20.4 Å². The van der Waals surface area contributed by atoms with E-state index in [1.807, 2.05) is 0 Å². The van der Waals surface area contributed by atoms with Crippen molar-refractivity contribution in [3.63, 3.8) is 0 Å². The fourth-order valence-electron chi connectivity index (χ4n) is 2.29. The minimum absolute atomic E-state index is 0.119. The number of aliphatic carboxylic acids is 1. The molecule has 3 N–H and O–H groups in total. The van der Waals surface area contributed by atoms with Gasteiger partial charge in [-0.3, -0.25) is 4.79 Å². The second-order valence-electron chi connectivity index (χ2n) is 4.92. The quantitative estimate of drug-likeness (QED) is 0.474. The molecule has 1 fully saturated rings. The van der Waals surface area contributed by atoms with Gasteiger partial charge in [0.1, 0.15) is 11.8 Å². The maximum atomic E-state index is 11.4. The van der Waals surface area contributed by atoms with Crippen molar-refractivity contribution in [1.29, 1.82) is 0 Å². The number of nitrogens with two attached hydrogens (primary N) is 1. The Hall–Kier alpha value is -2.16. The molecule has 1 aliphatic carbocycles. The van der Waals surface area contributed by atoms with Gasteiger partial charge in [-0.2, -0.15) is 0 Å². The first-order valence-electron chi connectivity index (χ1n) is 6.77. The molecule has 0 aromatic carbocycles. The van der Waals surface area contributed by atoms with E-state index < -0.39 is 5.97 Å². The molecule has 1 heterocycles. The Bertz CT molecular complexity index is 578. The van der Waals surface area contributed by atoms with Crippen molar-refractivity contribution >= 4 is 34.1 Å². The number of hydrogen-bond acceptors (Lipinski definition) is 8. The first kappa shape index (κ1) is 16.2. The largest absolute Gasteiger partial charge is 0.476 e. The average molecular weight is 327 g/mol. The van der Waals surface area contributed by atoms with Crippen molar-refractivity contribution in [2.24, 2.45) is 11.1 Å². The SMILES string of the molecule is COC(=O)C1CCC(O/N=C(\C(=O)O)c2csc(N)n2)CC1. The number of methoxy groups -OCH3 is 1. The molecule has 1 aromatic rings. The Kier molecular flexibility index (Phi) is 5.31. The number of nitrogens with zero attached hydrogens (tertiary/aromatic N) is 2. The normalized spacial score (nSPS) is 22.1. The Balaban J connectivity index is 1.95. The van der Waals surface area contributed by atoms with Crippen LogP contribution in [0.15, 0.2) is 10.5 Å². The fourth-order valence-corrected chi connectivity index (χ4v) is 2.84. The molecular formula is C13H17N3O5S. The molecule has 0 amide bonds. The molecule has 0 aliphatic heterocycles. The van der Waals surface area contributed by atoms with Crippen molar-refractivity contribution < 1.29 is 24.3 Å². The Morgan fingerprint density at radius 2 is 2.09 bits per heavy atom. The van der Waals surface area contributed by atoms with Crippen LogP contribution in [0.3, 0.4) is 0 Å². The van der Waals surface area contributed by atoms with E-state index in [-0.39, 0.29) is 34.5 Å². The number of carboxylic acids is 1. The summed E-state index contributed by atoms with van der Waals surface area (Å²) in [6.45, 7) is 0. The van der Waals surface area contributed by atoms with E-state index in [1.165, 1.54) is 12.5 Å². The van der Waals surface area contributed by atoms with Crippen LogP contribution in [0.1, 0.15) is 31.4 Å². The van der Waals surface area contributed by atoms with Crippen LogP contribution in [0.25, 0.3) is 0 Å². The maximum Gasteiger partial charge on any atom is 0.360 e. The highest BCUT2D eigenvalue weighted by atomic mass is 32.1. The van der Waals surface area contributed by atoms with Crippen LogP contribution in [0.5, 0.6) is 0 Å². The first-order chi connectivity index (χ1) is 10.5. The third kappa shape index (κ3) is 3.94. The monoisotopic (exact) mass is 327 g/mol. The van der Waals surface area contributed by atoms with E-state index in [2.05, 4.69) is 10.1 Å². The zero-order valence-electron chi connectivity index (χ0n) is 12.0. The second-order valence-corrected chi connectivity index (χ2v) is 5.81. The average Bonchev–Trinajstić information content (AvgIpc) is 2.93. The molecule has 1 aromatic heterocycles. The maximum absolute atomic E-state index is 11.4. The van der Waals surface area contributed by atoms with E-state index >= 15 is 0 Å². The van der Waals surface area contributed by atoms with E-state index in [0.717, 1.165) is 11.3 Å². The van der Waals surface area contributed by atoms with Crippen LogP contribution in [-0.4, -0.2) is 41.0 Å². The van der Waals surface area contributed by atoms with Gasteiger partial charge in [0.25, 0.3) is 0 Å². The number of rotatable bonds is 5. The van der Waals surface area contributed by atoms with Gasteiger partial charge in [0.05, 0.1) is 13.0 Å². The molecule has 120 valence electrons. The summed E-state index contributed by atoms with van der Waals surface area (Å²) < 4.78 is 4.71. The summed E-state index contributed by atoms with van der Waals surface area (Å²) in [4.78, 5) is 31.8. The Labute approximate surface area is 130 Å². The molecule has 0 bridgehead atoms. The summed E-state index contributed by atoms with van der Waals surface area (Å²) >= 11 is 1.13. The van der Waals surface area contributed by atoms with Crippen LogP contribution in [-0.2, 0) is 19.2 Å². The number of aromatic nitrogens is 1. The summed E-state index contributed by atoms with van der Waals surface area (Å²) in [5.41, 5.74) is 5.39. The zero-order valence-corrected chi connectivity index (χ0v) is 12.8. The molecule has 1 aliphatic rings. The number of carbonyl (C=O) groups excluding carboxylic acids is 1. The van der Waals surface area contributed by atoms with E-state index in [4.69, 9.17) is 20.4 Å². The van der Waals surface area contributed by atoms with E-state index in [9.17, 15) is 9.59 Å². The molecular weight excluding hydrogens is 310 g/mol. The number of ether oxygens (including phenoxy) is 1. The topological polar surface area (TPSA) is 124 Å². The van der Waals surface area contributed by atoms with Gasteiger partial charge >= 0.3 is 11.9 Å². The molecule has 0 saturated heterocycles. The van der Waals surface area contributed by atoms with Crippen LogP contribution in [0, 0.1) is 5.92 Å². The molecule has 9 heteroatoms. The van der Waals surface area contributed by atoms with Crippen LogP contribution < -0.4 is 5.73 Å². The van der Waals surface area contributed by atoms with Crippen molar-refractivity contribution in [1.82, 2.24) is 4.98 Å². The molecule has 0 unspecified atom stereocenters. The highest BCUT2D eigenvalue weighted by molar-refractivity contribution is 7.13. The van der Waals surface area contributed by atoms with Gasteiger partial charge in [-0.25, -0.2) is 9.78 Å². The first-order valence-corrected chi connectivity index (χ1v) is 7.65. The molecule has 2 rings (SSSR count). The lowest BCUT2D eigenvalue weighted by atomic mass is 9.87. The summed E-state index contributed by atoms with van der Waals surface area (Å²) in [6.07, 6.45) is 2.30. The minimum atomic E-state index is -1.23. The predicted molar refractivity (Wildman–Crippen MR) is 79.5 cm³/mol. The van der Waals surface area contributed by atoms with Crippen LogP contribution in [0.4, 0.5) is 5.13 Å².